The predicted molar refractivity (Wildman–Crippen MR) is 161 cm³/mol. The summed E-state index contributed by atoms with van der Waals surface area (Å²) in [6.45, 7) is 0.736. The highest BCUT2D eigenvalue weighted by Crippen LogP contribution is 2.29. The summed E-state index contributed by atoms with van der Waals surface area (Å²) in [7, 11) is 3.32. The van der Waals surface area contributed by atoms with Gasteiger partial charge in [-0.3, -0.25) is 4.79 Å². The lowest BCUT2D eigenvalue weighted by Gasteiger charge is -2.24. The number of carboxylic acids is 1. The van der Waals surface area contributed by atoms with E-state index >= 15 is 0 Å². The predicted octanol–water partition coefficient (Wildman–Crippen LogP) is 6.65. The number of carbonyl (C=O) groups is 1. The van der Waals surface area contributed by atoms with Crippen LogP contribution < -0.4 is 14.8 Å². The highest BCUT2D eigenvalue weighted by atomic mass is 16.5. The summed E-state index contributed by atoms with van der Waals surface area (Å²) < 4.78 is 17.4. The largest absolute Gasteiger partial charge is 0.497 e. The molecule has 0 aliphatic rings. The van der Waals surface area contributed by atoms with E-state index in [9.17, 15) is 9.90 Å². The molecule has 5 aromatic rings. The third-order valence-electron chi connectivity index (χ3n) is 7.41. The standard InChI is InChI=1S/C35H35NO5/c1-39-30-16-15-27(33(22-30)40-2)19-29(21-31-20-28-14-13-24(18-35(37)38)17-34(28)41-31)36-23-32(25-9-5-3-6-10-25)26-11-7-4-8-12-26/h3-17,20,22,29,32,36H,18-19,21,23H2,1-2H3,(H,37,38). The van der Waals surface area contributed by atoms with Gasteiger partial charge < -0.3 is 24.3 Å². The summed E-state index contributed by atoms with van der Waals surface area (Å²) in [6.07, 6.45) is 1.33. The monoisotopic (exact) mass is 549 g/mol. The first kappa shape index (κ1) is 28.0. The second-order valence-corrected chi connectivity index (χ2v) is 10.2. The topological polar surface area (TPSA) is 80.9 Å². The van der Waals surface area contributed by atoms with Crippen LogP contribution in [0.25, 0.3) is 11.0 Å². The molecule has 2 N–H and O–H groups in total. The van der Waals surface area contributed by atoms with Gasteiger partial charge in [0.1, 0.15) is 22.8 Å². The summed E-state index contributed by atoms with van der Waals surface area (Å²) in [4.78, 5) is 11.2. The minimum Gasteiger partial charge on any atom is -0.497 e. The molecule has 6 nitrogen and oxygen atoms in total. The van der Waals surface area contributed by atoms with Crippen LogP contribution in [0.1, 0.15) is 33.9 Å². The van der Waals surface area contributed by atoms with Gasteiger partial charge >= 0.3 is 5.97 Å². The molecule has 1 heterocycles. The van der Waals surface area contributed by atoms with Crippen LogP contribution >= 0.6 is 0 Å². The Morgan fingerprint density at radius 1 is 0.829 bits per heavy atom. The maximum Gasteiger partial charge on any atom is 0.307 e. The van der Waals surface area contributed by atoms with E-state index in [2.05, 4.69) is 59.9 Å². The zero-order chi connectivity index (χ0) is 28.6. The molecule has 0 aliphatic carbocycles. The molecule has 5 rings (SSSR count). The number of ether oxygens (including phenoxy) is 2. The first-order valence-electron chi connectivity index (χ1n) is 13.8. The number of carboxylic acid groups (broad SMARTS) is 1. The van der Waals surface area contributed by atoms with Crippen LogP contribution in [0, 0.1) is 0 Å². The minimum atomic E-state index is -0.861. The molecule has 0 radical (unpaired) electrons. The van der Waals surface area contributed by atoms with Crippen LogP contribution in [0.4, 0.5) is 0 Å². The van der Waals surface area contributed by atoms with Crippen LogP contribution in [0.3, 0.4) is 0 Å². The number of hydrogen-bond acceptors (Lipinski definition) is 5. The van der Waals surface area contributed by atoms with Crippen molar-refractivity contribution in [3.05, 3.63) is 131 Å². The lowest BCUT2D eigenvalue weighted by atomic mass is 9.90. The molecule has 1 atom stereocenters. The zero-order valence-corrected chi connectivity index (χ0v) is 23.4. The van der Waals surface area contributed by atoms with Gasteiger partial charge in [0.2, 0.25) is 0 Å². The normalized spacial score (nSPS) is 12.0. The molecule has 1 aromatic heterocycles. The fourth-order valence-electron chi connectivity index (χ4n) is 5.34. The van der Waals surface area contributed by atoms with Crippen molar-refractivity contribution in [2.45, 2.75) is 31.2 Å². The van der Waals surface area contributed by atoms with E-state index in [1.807, 2.05) is 48.5 Å². The molecule has 0 fully saturated rings. The molecule has 6 heteroatoms. The van der Waals surface area contributed by atoms with Gasteiger partial charge in [-0.2, -0.15) is 0 Å². The van der Waals surface area contributed by atoms with Crippen molar-refractivity contribution < 1.29 is 23.8 Å². The van der Waals surface area contributed by atoms with Crippen molar-refractivity contribution in [1.29, 1.82) is 0 Å². The van der Waals surface area contributed by atoms with Crippen molar-refractivity contribution in [2.24, 2.45) is 0 Å². The van der Waals surface area contributed by atoms with Crippen molar-refractivity contribution in [3.8, 4) is 11.5 Å². The molecule has 0 saturated carbocycles. The molecule has 41 heavy (non-hydrogen) atoms. The second kappa shape index (κ2) is 13.2. The maximum absolute atomic E-state index is 11.2. The summed E-state index contributed by atoms with van der Waals surface area (Å²) in [5.74, 6) is 1.68. The average Bonchev–Trinajstić information content (AvgIpc) is 3.39. The Kier molecular flexibility index (Phi) is 9.02. The average molecular weight is 550 g/mol. The van der Waals surface area contributed by atoms with E-state index in [0.29, 0.717) is 18.4 Å². The third-order valence-corrected chi connectivity index (χ3v) is 7.41. The number of nitrogens with one attached hydrogen (secondary N) is 1. The smallest absolute Gasteiger partial charge is 0.307 e. The molecular formula is C35H35NO5. The van der Waals surface area contributed by atoms with Gasteiger partial charge in [-0.1, -0.05) is 78.9 Å². The fraction of sp³-hybridized carbons (Fsp3) is 0.229. The van der Waals surface area contributed by atoms with E-state index in [4.69, 9.17) is 13.9 Å². The number of furan rings is 1. The Balaban J connectivity index is 1.43. The highest BCUT2D eigenvalue weighted by molar-refractivity contribution is 5.80. The quantitative estimate of drug-likeness (QED) is 0.171. The summed E-state index contributed by atoms with van der Waals surface area (Å²) in [5, 5.41) is 14.0. The van der Waals surface area contributed by atoms with E-state index < -0.39 is 5.97 Å². The number of methoxy groups -OCH3 is 2. The lowest BCUT2D eigenvalue weighted by Crippen LogP contribution is -2.36. The minimum absolute atomic E-state index is 0.0336. The maximum atomic E-state index is 11.2. The fourth-order valence-corrected chi connectivity index (χ4v) is 5.34. The Hall–Kier alpha value is -4.55. The van der Waals surface area contributed by atoms with Crippen LogP contribution in [0.15, 0.2) is 108 Å². The Morgan fingerprint density at radius 3 is 2.17 bits per heavy atom. The molecule has 0 spiro atoms. The molecule has 0 saturated heterocycles. The van der Waals surface area contributed by atoms with E-state index in [1.165, 1.54) is 11.1 Å². The number of hydrogen-bond donors (Lipinski definition) is 2. The van der Waals surface area contributed by atoms with Crippen LogP contribution in [0.2, 0.25) is 0 Å². The molecule has 0 aliphatic heterocycles. The summed E-state index contributed by atoms with van der Waals surface area (Å²) in [6, 6.07) is 34.7. The molecule has 0 bridgehead atoms. The number of fused-ring (bicyclic) bond motifs is 1. The van der Waals surface area contributed by atoms with Crippen molar-refractivity contribution in [2.75, 3.05) is 20.8 Å². The van der Waals surface area contributed by atoms with Crippen molar-refractivity contribution in [1.82, 2.24) is 5.32 Å². The number of rotatable bonds is 13. The molecule has 1 unspecified atom stereocenters. The van der Waals surface area contributed by atoms with Crippen LogP contribution in [-0.2, 0) is 24.1 Å². The molecule has 210 valence electrons. The molecule has 4 aromatic carbocycles. The number of benzene rings is 4. The zero-order valence-electron chi connectivity index (χ0n) is 23.4. The van der Waals surface area contributed by atoms with Gasteiger partial charge in [-0.05, 0) is 46.9 Å². The third kappa shape index (κ3) is 7.16. The Bertz CT molecular complexity index is 1540. The van der Waals surface area contributed by atoms with Crippen LogP contribution in [0.5, 0.6) is 11.5 Å². The van der Waals surface area contributed by atoms with Gasteiger partial charge in [0.25, 0.3) is 0 Å². The second-order valence-electron chi connectivity index (χ2n) is 10.2. The molecular weight excluding hydrogens is 514 g/mol. The van der Waals surface area contributed by atoms with Gasteiger partial charge in [0.15, 0.2) is 0 Å². The SMILES string of the molecule is COc1ccc(CC(Cc2cc3ccc(CC(=O)O)cc3o2)NCC(c2ccccc2)c2ccccc2)c(OC)c1. The van der Waals surface area contributed by atoms with Gasteiger partial charge in [0, 0.05) is 36.4 Å². The summed E-state index contributed by atoms with van der Waals surface area (Å²) in [5.41, 5.74) is 4.99. The van der Waals surface area contributed by atoms with Crippen molar-refractivity contribution in [3.63, 3.8) is 0 Å². The van der Waals surface area contributed by atoms with Gasteiger partial charge in [0.05, 0.1) is 20.6 Å². The lowest BCUT2D eigenvalue weighted by molar-refractivity contribution is -0.136. The van der Waals surface area contributed by atoms with E-state index in [1.54, 1.807) is 14.2 Å². The van der Waals surface area contributed by atoms with Gasteiger partial charge in [-0.15, -0.1) is 0 Å². The van der Waals surface area contributed by atoms with E-state index in [0.717, 1.165) is 40.3 Å². The van der Waals surface area contributed by atoms with Gasteiger partial charge in [-0.25, -0.2) is 0 Å². The Morgan fingerprint density at radius 2 is 1.54 bits per heavy atom. The number of aliphatic carboxylic acids is 1. The molecule has 0 amide bonds. The first-order valence-corrected chi connectivity index (χ1v) is 13.8. The highest BCUT2D eigenvalue weighted by Gasteiger charge is 2.20. The summed E-state index contributed by atoms with van der Waals surface area (Å²) >= 11 is 0. The van der Waals surface area contributed by atoms with Crippen LogP contribution in [-0.4, -0.2) is 37.9 Å². The first-order chi connectivity index (χ1) is 20.0. The van der Waals surface area contributed by atoms with E-state index in [-0.39, 0.29) is 18.4 Å². The Labute approximate surface area is 240 Å². The van der Waals surface area contributed by atoms with Crippen molar-refractivity contribution >= 4 is 16.9 Å².